The van der Waals surface area contributed by atoms with Crippen molar-refractivity contribution in [3.05, 3.63) is 41.2 Å². The quantitative estimate of drug-likeness (QED) is 0.194. The van der Waals surface area contributed by atoms with Gasteiger partial charge in [0.25, 0.3) is 5.91 Å². The maximum absolute atomic E-state index is 12.8. The van der Waals surface area contributed by atoms with Crippen molar-refractivity contribution in [1.29, 1.82) is 0 Å². The number of anilines is 1. The molecule has 1 aliphatic carbocycles. The molecule has 2 aliphatic rings. The summed E-state index contributed by atoms with van der Waals surface area (Å²) in [7, 11) is 0. The lowest BCUT2D eigenvalue weighted by molar-refractivity contribution is -0.116. The lowest BCUT2D eigenvalue weighted by atomic mass is 9.87. The number of carbonyl (C=O) groups excluding carboxylic acids is 2. The Balaban J connectivity index is 0.997. The SMILES string of the molecule is CCCC(C)N1Cc2c(NC(=O)CCCCCCCCCNCCn3cc(C4CCCCC4)nn3)cccc2C1=O. The first-order valence-corrected chi connectivity index (χ1v) is 16.4. The number of nitrogens with one attached hydrogen (secondary N) is 2. The molecule has 4 rings (SSSR count). The summed E-state index contributed by atoms with van der Waals surface area (Å²) in [6.45, 7) is 7.71. The Morgan fingerprint density at radius 1 is 1.02 bits per heavy atom. The van der Waals surface area contributed by atoms with Gasteiger partial charge in [-0.3, -0.25) is 14.3 Å². The molecule has 0 spiro atoms. The van der Waals surface area contributed by atoms with Crippen molar-refractivity contribution in [3.8, 4) is 0 Å². The third-order valence-electron chi connectivity index (χ3n) is 8.86. The molecule has 1 unspecified atom stereocenters. The molecule has 1 fully saturated rings. The topological polar surface area (TPSA) is 92.2 Å². The summed E-state index contributed by atoms with van der Waals surface area (Å²) in [5.41, 5.74) is 3.68. The van der Waals surface area contributed by atoms with Gasteiger partial charge in [0, 0.05) is 54.5 Å². The number of benzene rings is 1. The maximum Gasteiger partial charge on any atom is 0.254 e. The normalized spacial score (nSPS) is 16.2. The number of hydrogen-bond donors (Lipinski definition) is 2. The Kier molecular flexibility index (Phi) is 12.7. The molecule has 2 aromatic rings. The zero-order chi connectivity index (χ0) is 28.9. The number of nitrogens with zero attached hydrogens (tertiary/aromatic N) is 4. The van der Waals surface area contributed by atoms with Crippen LogP contribution >= 0.6 is 0 Å². The van der Waals surface area contributed by atoms with Gasteiger partial charge in [0.15, 0.2) is 0 Å². The molecule has 1 atom stereocenters. The van der Waals surface area contributed by atoms with E-state index in [2.05, 4.69) is 41.0 Å². The van der Waals surface area contributed by atoms with Crippen LogP contribution in [0.15, 0.2) is 24.4 Å². The number of hydrogen-bond acceptors (Lipinski definition) is 5. The highest BCUT2D eigenvalue weighted by Crippen LogP contribution is 2.32. The molecular weight excluding hydrogens is 512 g/mol. The van der Waals surface area contributed by atoms with Gasteiger partial charge in [-0.2, -0.15) is 0 Å². The molecule has 8 nitrogen and oxygen atoms in total. The number of unbranched alkanes of at least 4 members (excludes halogenated alkanes) is 6. The maximum atomic E-state index is 12.8. The fraction of sp³-hybridized carbons (Fsp3) is 0.697. The molecule has 8 heteroatoms. The Morgan fingerprint density at radius 3 is 2.56 bits per heavy atom. The van der Waals surface area contributed by atoms with Crippen LogP contribution in [0.3, 0.4) is 0 Å². The molecule has 226 valence electrons. The van der Waals surface area contributed by atoms with Crippen molar-refractivity contribution in [3.63, 3.8) is 0 Å². The summed E-state index contributed by atoms with van der Waals surface area (Å²) in [4.78, 5) is 27.4. The first kappa shape index (κ1) is 31.2. The second kappa shape index (κ2) is 16.6. The van der Waals surface area contributed by atoms with Crippen molar-refractivity contribution < 1.29 is 9.59 Å². The Morgan fingerprint density at radius 2 is 1.78 bits per heavy atom. The fourth-order valence-corrected chi connectivity index (χ4v) is 6.36. The number of aromatic nitrogens is 3. The molecule has 41 heavy (non-hydrogen) atoms. The summed E-state index contributed by atoms with van der Waals surface area (Å²) in [6.07, 6.45) is 19.4. The molecular formula is C33H52N6O2. The van der Waals surface area contributed by atoms with Gasteiger partial charge in [0.2, 0.25) is 5.91 Å². The zero-order valence-corrected chi connectivity index (χ0v) is 25.5. The Bertz CT molecular complexity index is 1090. The van der Waals surface area contributed by atoms with E-state index in [1.165, 1.54) is 69.9 Å². The van der Waals surface area contributed by atoms with E-state index in [1.54, 1.807) is 0 Å². The first-order valence-electron chi connectivity index (χ1n) is 16.4. The van der Waals surface area contributed by atoms with E-state index < -0.39 is 0 Å². The van der Waals surface area contributed by atoms with E-state index in [1.807, 2.05) is 27.8 Å². The van der Waals surface area contributed by atoms with Crippen LogP contribution in [0.2, 0.25) is 0 Å². The van der Waals surface area contributed by atoms with Crippen LogP contribution in [0.1, 0.15) is 138 Å². The van der Waals surface area contributed by atoms with Crippen molar-refractivity contribution in [1.82, 2.24) is 25.2 Å². The minimum atomic E-state index is 0.0492. The van der Waals surface area contributed by atoms with Crippen molar-refractivity contribution in [2.45, 2.75) is 135 Å². The predicted octanol–water partition coefficient (Wildman–Crippen LogP) is 6.82. The molecule has 1 saturated carbocycles. The molecule has 1 aliphatic heterocycles. The van der Waals surface area contributed by atoms with Gasteiger partial charge in [-0.05, 0) is 57.7 Å². The van der Waals surface area contributed by atoms with Crippen molar-refractivity contribution in [2.24, 2.45) is 0 Å². The number of fused-ring (bicyclic) bond motifs is 1. The summed E-state index contributed by atoms with van der Waals surface area (Å²) in [5.74, 6) is 0.757. The van der Waals surface area contributed by atoms with Crippen LogP contribution in [0.4, 0.5) is 5.69 Å². The summed E-state index contributed by atoms with van der Waals surface area (Å²) >= 11 is 0. The largest absolute Gasteiger partial charge is 0.331 e. The lowest BCUT2D eigenvalue weighted by Crippen LogP contribution is -2.33. The highest BCUT2D eigenvalue weighted by atomic mass is 16.2. The smallest absolute Gasteiger partial charge is 0.254 e. The predicted molar refractivity (Wildman–Crippen MR) is 165 cm³/mol. The van der Waals surface area contributed by atoms with Gasteiger partial charge in [0.05, 0.1) is 12.2 Å². The second-order valence-electron chi connectivity index (χ2n) is 12.2. The number of amides is 2. The third kappa shape index (κ3) is 9.38. The standard InChI is InChI=1S/C33H52N6O2/c1-3-15-26(2)39-24-29-28(33(39)41)18-14-19-30(29)35-32(40)20-12-7-5-4-6-8-13-21-34-22-23-38-25-31(36-37-38)27-16-10-9-11-17-27/h14,18-19,25-27,34H,3-13,15-17,20-24H2,1-2H3,(H,35,40). The van der Waals surface area contributed by atoms with E-state index in [4.69, 9.17) is 0 Å². The van der Waals surface area contributed by atoms with Gasteiger partial charge < -0.3 is 15.5 Å². The van der Waals surface area contributed by atoms with Crippen molar-refractivity contribution >= 4 is 17.5 Å². The molecule has 1 aromatic carbocycles. The van der Waals surface area contributed by atoms with Crippen LogP contribution in [0.5, 0.6) is 0 Å². The van der Waals surface area contributed by atoms with Gasteiger partial charge in [-0.1, -0.05) is 76.0 Å². The average molecular weight is 565 g/mol. The van der Waals surface area contributed by atoms with Gasteiger partial charge in [0.1, 0.15) is 0 Å². The van der Waals surface area contributed by atoms with Gasteiger partial charge >= 0.3 is 0 Å². The average Bonchev–Trinajstić information content (AvgIpc) is 3.59. The van der Waals surface area contributed by atoms with E-state index in [9.17, 15) is 9.59 Å². The van der Waals surface area contributed by atoms with E-state index in [0.29, 0.717) is 18.9 Å². The Labute approximate surface area is 247 Å². The highest BCUT2D eigenvalue weighted by Gasteiger charge is 2.32. The Hall–Kier alpha value is -2.74. The molecule has 0 saturated heterocycles. The number of carbonyl (C=O) groups is 2. The monoisotopic (exact) mass is 564 g/mol. The first-order chi connectivity index (χ1) is 20.1. The summed E-state index contributed by atoms with van der Waals surface area (Å²) in [5, 5.41) is 15.4. The fourth-order valence-electron chi connectivity index (χ4n) is 6.36. The molecule has 1 aromatic heterocycles. The van der Waals surface area contributed by atoms with E-state index in [-0.39, 0.29) is 17.9 Å². The van der Waals surface area contributed by atoms with E-state index >= 15 is 0 Å². The van der Waals surface area contributed by atoms with Crippen LogP contribution in [0.25, 0.3) is 0 Å². The molecule has 2 N–H and O–H groups in total. The highest BCUT2D eigenvalue weighted by molar-refractivity contribution is 6.02. The summed E-state index contributed by atoms with van der Waals surface area (Å²) in [6, 6.07) is 5.90. The van der Waals surface area contributed by atoms with Crippen LogP contribution in [0, 0.1) is 0 Å². The minimum absolute atomic E-state index is 0.0492. The van der Waals surface area contributed by atoms with Crippen LogP contribution < -0.4 is 10.6 Å². The minimum Gasteiger partial charge on any atom is -0.331 e. The summed E-state index contributed by atoms with van der Waals surface area (Å²) < 4.78 is 1.99. The van der Waals surface area contributed by atoms with Gasteiger partial charge in [-0.15, -0.1) is 5.10 Å². The molecule has 0 radical (unpaired) electrons. The lowest BCUT2D eigenvalue weighted by Gasteiger charge is -2.23. The number of rotatable bonds is 18. The van der Waals surface area contributed by atoms with E-state index in [0.717, 1.165) is 62.1 Å². The molecule has 2 heterocycles. The van der Waals surface area contributed by atoms with Crippen LogP contribution in [-0.2, 0) is 17.9 Å². The third-order valence-corrected chi connectivity index (χ3v) is 8.86. The van der Waals surface area contributed by atoms with Gasteiger partial charge in [-0.25, -0.2) is 0 Å². The second-order valence-corrected chi connectivity index (χ2v) is 12.2. The van der Waals surface area contributed by atoms with Crippen molar-refractivity contribution in [2.75, 3.05) is 18.4 Å². The molecule has 2 amide bonds. The zero-order valence-electron chi connectivity index (χ0n) is 25.5. The molecule has 0 bridgehead atoms. The van der Waals surface area contributed by atoms with Crippen LogP contribution in [-0.4, -0.2) is 50.8 Å².